The van der Waals surface area contributed by atoms with E-state index in [4.69, 9.17) is 4.98 Å². The molecule has 0 bridgehead atoms. The molecule has 1 heterocycles. The van der Waals surface area contributed by atoms with Gasteiger partial charge in [-0.3, -0.25) is 0 Å². The Bertz CT molecular complexity index is 899. The van der Waals surface area contributed by atoms with E-state index in [-0.39, 0.29) is 0 Å². The Hall–Kier alpha value is -2.68. The number of carboxylic acid groups (broad SMARTS) is 1. The lowest BCUT2D eigenvalue weighted by Gasteiger charge is -2.10. The van der Waals surface area contributed by atoms with Crippen LogP contribution in [0.15, 0.2) is 48.5 Å². The van der Waals surface area contributed by atoms with Gasteiger partial charge >= 0.3 is 5.97 Å². The highest BCUT2D eigenvalue weighted by Gasteiger charge is 2.14. The van der Waals surface area contributed by atoms with Gasteiger partial charge in [0.05, 0.1) is 16.8 Å². The minimum Gasteiger partial charge on any atom is -0.478 e. The zero-order valence-corrected chi connectivity index (χ0v) is 14.0. The molecule has 122 valence electrons. The molecule has 0 atom stereocenters. The minimum absolute atomic E-state index is 0.316. The van der Waals surface area contributed by atoms with Crippen molar-refractivity contribution < 1.29 is 9.90 Å². The van der Waals surface area contributed by atoms with Crippen LogP contribution < -0.4 is 0 Å². The van der Waals surface area contributed by atoms with Crippen LogP contribution in [0.3, 0.4) is 0 Å². The van der Waals surface area contributed by atoms with Gasteiger partial charge < -0.3 is 5.11 Å². The number of carboxylic acids is 1. The Kier molecular flexibility index (Phi) is 4.61. The number of aromatic nitrogens is 1. The van der Waals surface area contributed by atoms with E-state index in [2.05, 4.69) is 13.0 Å². The lowest BCUT2D eigenvalue weighted by Crippen LogP contribution is -2.01. The van der Waals surface area contributed by atoms with E-state index >= 15 is 0 Å². The molecule has 0 radical (unpaired) electrons. The summed E-state index contributed by atoms with van der Waals surface area (Å²) in [7, 11) is 0. The molecule has 24 heavy (non-hydrogen) atoms. The van der Waals surface area contributed by atoms with Gasteiger partial charge in [-0.1, -0.05) is 43.7 Å². The second kappa shape index (κ2) is 6.83. The molecule has 0 fully saturated rings. The fraction of sp³-hybridized carbons (Fsp3) is 0.238. The smallest absolute Gasteiger partial charge is 0.336 e. The van der Waals surface area contributed by atoms with E-state index in [0.29, 0.717) is 16.6 Å². The van der Waals surface area contributed by atoms with Crippen LogP contribution in [-0.2, 0) is 6.42 Å². The highest BCUT2D eigenvalue weighted by molar-refractivity contribution is 6.04. The molecule has 1 aromatic heterocycles. The van der Waals surface area contributed by atoms with Crippen LogP contribution in [0, 0.1) is 6.92 Å². The second-order valence-electron chi connectivity index (χ2n) is 6.13. The van der Waals surface area contributed by atoms with Crippen molar-refractivity contribution in [2.24, 2.45) is 0 Å². The monoisotopic (exact) mass is 319 g/mol. The van der Waals surface area contributed by atoms with E-state index in [1.54, 1.807) is 6.07 Å². The lowest BCUT2D eigenvalue weighted by molar-refractivity contribution is 0.0699. The molecule has 0 amide bonds. The van der Waals surface area contributed by atoms with Crippen LogP contribution in [0.5, 0.6) is 0 Å². The molecule has 3 rings (SSSR count). The van der Waals surface area contributed by atoms with Gasteiger partial charge in [0, 0.05) is 10.9 Å². The van der Waals surface area contributed by atoms with E-state index in [0.717, 1.165) is 41.5 Å². The Morgan fingerprint density at radius 3 is 2.62 bits per heavy atom. The highest BCUT2D eigenvalue weighted by atomic mass is 16.4. The van der Waals surface area contributed by atoms with E-state index in [9.17, 15) is 9.90 Å². The number of unbranched alkanes of at least 4 members (excludes halogenated alkanes) is 1. The number of benzene rings is 2. The van der Waals surface area contributed by atoms with Crippen molar-refractivity contribution in [1.82, 2.24) is 4.98 Å². The average Bonchev–Trinajstić information content (AvgIpc) is 2.59. The molecule has 1 N–H and O–H groups in total. The molecule has 0 aliphatic rings. The third-order valence-corrected chi connectivity index (χ3v) is 4.34. The molecule has 0 aliphatic carbocycles. The zero-order chi connectivity index (χ0) is 17.1. The third-order valence-electron chi connectivity index (χ3n) is 4.34. The molecule has 0 saturated heterocycles. The second-order valence-corrected chi connectivity index (χ2v) is 6.13. The Morgan fingerprint density at radius 1 is 1.12 bits per heavy atom. The van der Waals surface area contributed by atoms with Crippen molar-refractivity contribution in [3.63, 3.8) is 0 Å². The van der Waals surface area contributed by atoms with Crippen LogP contribution >= 0.6 is 0 Å². The molecule has 3 aromatic rings. The van der Waals surface area contributed by atoms with Gasteiger partial charge in [-0.2, -0.15) is 0 Å². The number of nitrogens with zero attached hydrogens (tertiary/aromatic N) is 1. The number of pyridine rings is 1. The number of hydrogen-bond acceptors (Lipinski definition) is 2. The quantitative estimate of drug-likeness (QED) is 0.698. The topological polar surface area (TPSA) is 50.2 Å². The van der Waals surface area contributed by atoms with Gasteiger partial charge in [0.15, 0.2) is 0 Å². The van der Waals surface area contributed by atoms with Gasteiger partial charge in [0.2, 0.25) is 0 Å². The Morgan fingerprint density at radius 2 is 1.92 bits per heavy atom. The summed E-state index contributed by atoms with van der Waals surface area (Å²) in [5.74, 6) is -0.912. The van der Waals surface area contributed by atoms with Crippen LogP contribution in [-0.4, -0.2) is 16.1 Å². The molecule has 3 nitrogen and oxygen atoms in total. The standard InChI is InChI=1S/C21H21NO2/c1-3-4-8-15-10-11-19-17(12-15)18(21(23)24)13-20(22-19)16-9-6-5-7-14(16)2/h5-7,9-13H,3-4,8H2,1-2H3,(H,23,24). The summed E-state index contributed by atoms with van der Waals surface area (Å²) in [5, 5.41) is 10.4. The molecular formula is C21H21NO2. The summed E-state index contributed by atoms with van der Waals surface area (Å²) in [5.41, 5.74) is 4.97. The maximum Gasteiger partial charge on any atom is 0.336 e. The van der Waals surface area contributed by atoms with Crippen molar-refractivity contribution in [3.8, 4) is 11.3 Å². The first-order chi connectivity index (χ1) is 11.6. The summed E-state index contributed by atoms with van der Waals surface area (Å²) in [4.78, 5) is 16.5. The zero-order valence-electron chi connectivity index (χ0n) is 14.0. The molecule has 0 saturated carbocycles. The highest BCUT2D eigenvalue weighted by Crippen LogP contribution is 2.28. The molecule has 0 aliphatic heterocycles. The molecule has 0 spiro atoms. The summed E-state index contributed by atoms with van der Waals surface area (Å²) >= 11 is 0. The Balaban J connectivity index is 2.18. The van der Waals surface area contributed by atoms with Crippen molar-refractivity contribution >= 4 is 16.9 Å². The van der Waals surface area contributed by atoms with Gasteiger partial charge in [-0.05, 0) is 49.1 Å². The van der Waals surface area contributed by atoms with Gasteiger partial charge in [0.25, 0.3) is 0 Å². The SMILES string of the molecule is CCCCc1ccc2nc(-c3ccccc3C)cc(C(=O)O)c2c1. The predicted molar refractivity (Wildman–Crippen MR) is 97.5 cm³/mol. The largest absolute Gasteiger partial charge is 0.478 e. The normalized spacial score (nSPS) is 10.9. The number of aromatic carboxylic acids is 1. The first-order valence-corrected chi connectivity index (χ1v) is 8.33. The van der Waals surface area contributed by atoms with E-state index in [1.165, 1.54) is 0 Å². The fourth-order valence-corrected chi connectivity index (χ4v) is 2.98. The van der Waals surface area contributed by atoms with E-state index < -0.39 is 5.97 Å². The number of rotatable bonds is 5. The molecule has 3 heteroatoms. The number of hydrogen-bond donors (Lipinski definition) is 1. The third kappa shape index (κ3) is 3.16. The van der Waals surface area contributed by atoms with Crippen molar-refractivity contribution in [2.45, 2.75) is 33.1 Å². The molecular weight excluding hydrogens is 298 g/mol. The average molecular weight is 319 g/mol. The summed E-state index contributed by atoms with van der Waals surface area (Å²) in [6.45, 7) is 4.16. The van der Waals surface area contributed by atoms with Gasteiger partial charge in [0.1, 0.15) is 0 Å². The number of fused-ring (bicyclic) bond motifs is 1. The number of carbonyl (C=O) groups is 1. The van der Waals surface area contributed by atoms with Crippen molar-refractivity contribution in [2.75, 3.05) is 0 Å². The van der Waals surface area contributed by atoms with Gasteiger partial charge in [-0.25, -0.2) is 9.78 Å². The van der Waals surface area contributed by atoms with Crippen LogP contribution in [0.1, 0.15) is 41.3 Å². The maximum absolute atomic E-state index is 11.8. The summed E-state index contributed by atoms with van der Waals surface area (Å²) in [6.07, 6.45) is 3.18. The van der Waals surface area contributed by atoms with Gasteiger partial charge in [-0.15, -0.1) is 0 Å². The van der Waals surface area contributed by atoms with Crippen LogP contribution in [0.2, 0.25) is 0 Å². The van der Waals surface area contributed by atoms with Crippen LogP contribution in [0.25, 0.3) is 22.2 Å². The summed E-state index contributed by atoms with van der Waals surface area (Å²) < 4.78 is 0. The van der Waals surface area contributed by atoms with Crippen molar-refractivity contribution in [1.29, 1.82) is 0 Å². The first kappa shape index (κ1) is 16.2. The minimum atomic E-state index is -0.912. The molecule has 0 unspecified atom stereocenters. The molecule has 2 aromatic carbocycles. The number of aryl methyl sites for hydroxylation is 2. The van der Waals surface area contributed by atoms with Crippen LogP contribution in [0.4, 0.5) is 0 Å². The lowest BCUT2D eigenvalue weighted by atomic mass is 9.99. The van der Waals surface area contributed by atoms with E-state index in [1.807, 2.05) is 43.3 Å². The van der Waals surface area contributed by atoms with Crippen molar-refractivity contribution in [3.05, 3.63) is 65.2 Å². The fourth-order valence-electron chi connectivity index (χ4n) is 2.98. The Labute approximate surface area is 142 Å². The predicted octanol–water partition coefficient (Wildman–Crippen LogP) is 5.25. The summed E-state index contributed by atoms with van der Waals surface area (Å²) in [6, 6.07) is 15.6. The first-order valence-electron chi connectivity index (χ1n) is 8.33. The maximum atomic E-state index is 11.8.